The van der Waals surface area contributed by atoms with Gasteiger partial charge in [0.15, 0.2) is 0 Å². The molecule has 1 fully saturated rings. The van der Waals surface area contributed by atoms with Crippen molar-refractivity contribution in [2.45, 2.75) is 67.3 Å². The van der Waals surface area contributed by atoms with E-state index in [-0.39, 0.29) is 10.8 Å². The Bertz CT molecular complexity index is 449. The maximum absolute atomic E-state index is 9.87. The van der Waals surface area contributed by atoms with Crippen LogP contribution in [0.25, 0.3) is 0 Å². The van der Waals surface area contributed by atoms with Gasteiger partial charge in [0, 0.05) is 37.4 Å². The zero-order valence-corrected chi connectivity index (χ0v) is 16.6. The average Bonchev–Trinajstić information content (AvgIpc) is 2.46. The Morgan fingerprint density at radius 3 is 2.26 bits per heavy atom. The summed E-state index contributed by atoms with van der Waals surface area (Å²) >= 11 is 0. The molecule has 23 heavy (non-hydrogen) atoms. The van der Waals surface area contributed by atoms with Crippen molar-refractivity contribution < 1.29 is 5.11 Å². The first-order valence-corrected chi connectivity index (χ1v) is 9.04. The average molecular weight is 323 g/mol. The Hall–Kier alpha value is -0.960. The minimum absolute atomic E-state index is 0.106. The topological polar surface area (TPSA) is 26.7 Å². The van der Waals surface area contributed by atoms with Crippen molar-refractivity contribution in [3.63, 3.8) is 0 Å². The molecule has 3 heteroatoms. The van der Waals surface area contributed by atoms with Crippen LogP contribution >= 0.6 is 0 Å². The molecule has 1 aliphatic rings. The zero-order chi connectivity index (χ0) is 17.8. The minimum Gasteiger partial charge on any atom is -0.515 e. The van der Waals surface area contributed by atoms with E-state index in [4.69, 9.17) is 0 Å². The predicted molar refractivity (Wildman–Crippen MR) is 101 cm³/mol. The van der Waals surface area contributed by atoms with Crippen molar-refractivity contribution in [3.8, 4) is 0 Å². The molecule has 1 rings (SSSR count). The molecule has 1 unspecified atom stereocenters. The third kappa shape index (κ3) is 4.53. The van der Waals surface area contributed by atoms with Crippen molar-refractivity contribution >= 4 is 0 Å². The highest BCUT2D eigenvalue weighted by Crippen LogP contribution is 2.48. The lowest BCUT2D eigenvalue weighted by Crippen LogP contribution is -2.42. The Labute approximate surface area is 144 Å². The molecule has 1 heterocycles. The number of aliphatic hydroxyl groups is 1. The van der Waals surface area contributed by atoms with E-state index >= 15 is 0 Å². The monoisotopic (exact) mass is 322 g/mol. The van der Waals surface area contributed by atoms with Gasteiger partial charge >= 0.3 is 0 Å². The lowest BCUT2D eigenvalue weighted by molar-refractivity contribution is 0.0592. The second-order valence-electron chi connectivity index (χ2n) is 8.38. The molecule has 0 spiro atoms. The molecular formula is C20H38N2O. The molecule has 1 saturated heterocycles. The maximum Gasteiger partial charge on any atom is 0.0844 e. The second-order valence-corrected chi connectivity index (χ2v) is 8.38. The van der Waals surface area contributed by atoms with E-state index in [1.165, 1.54) is 12.7 Å². The number of hydrogen-bond donors (Lipinski definition) is 1. The van der Waals surface area contributed by atoms with E-state index in [1.807, 2.05) is 0 Å². The fourth-order valence-electron chi connectivity index (χ4n) is 3.80. The van der Waals surface area contributed by atoms with Crippen LogP contribution in [0.1, 0.15) is 61.3 Å². The summed E-state index contributed by atoms with van der Waals surface area (Å²) in [5.41, 5.74) is 2.50. The number of aliphatic hydroxyl groups excluding tert-OH is 1. The molecule has 134 valence electrons. The van der Waals surface area contributed by atoms with Crippen LogP contribution in [0.5, 0.6) is 0 Å². The summed E-state index contributed by atoms with van der Waals surface area (Å²) in [6, 6.07) is 0.566. The molecule has 1 N–H and O–H groups in total. The Balaban J connectivity index is 3.29. The summed E-state index contributed by atoms with van der Waals surface area (Å²) in [6.07, 6.45) is 5.51. The SMILES string of the molecule is CC=C1/C(=C\O)CC(C)(C)C(C)(C)CC(C)N(CC)CCN1C. The van der Waals surface area contributed by atoms with Crippen molar-refractivity contribution in [1.82, 2.24) is 9.80 Å². The van der Waals surface area contributed by atoms with E-state index in [9.17, 15) is 5.11 Å². The second kappa shape index (κ2) is 7.74. The molecule has 0 aromatic heterocycles. The van der Waals surface area contributed by atoms with Crippen LogP contribution in [0.15, 0.2) is 23.6 Å². The molecule has 0 aromatic carbocycles. The first kappa shape index (κ1) is 20.1. The van der Waals surface area contributed by atoms with Gasteiger partial charge < -0.3 is 10.0 Å². The van der Waals surface area contributed by atoms with Gasteiger partial charge in [-0.2, -0.15) is 0 Å². The van der Waals surface area contributed by atoms with Crippen molar-refractivity contribution in [3.05, 3.63) is 23.6 Å². The molecule has 1 aliphatic heterocycles. The van der Waals surface area contributed by atoms with Gasteiger partial charge in [0.1, 0.15) is 0 Å². The lowest BCUT2D eigenvalue weighted by Gasteiger charge is -2.45. The minimum atomic E-state index is 0.106. The van der Waals surface area contributed by atoms with Crippen LogP contribution in [0.4, 0.5) is 0 Å². The highest BCUT2D eigenvalue weighted by Gasteiger charge is 2.40. The smallest absolute Gasteiger partial charge is 0.0844 e. The quantitative estimate of drug-likeness (QED) is 0.701. The molecule has 0 radical (unpaired) electrons. The standard InChI is InChI=1S/C20H38N2O/c1-9-18-17(15-23)14-20(6,7)19(4,5)13-16(3)22(10-2)12-11-21(18)8/h9,15-16,23H,10-14H2,1-8H3/b17-15-,18-9?. The number of allylic oxidation sites excluding steroid dienone is 2. The van der Waals surface area contributed by atoms with Gasteiger partial charge in [0.2, 0.25) is 0 Å². The highest BCUT2D eigenvalue weighted by molar-refractivity contribution is 5.29. The van der Waals surface area contributed by atoms with Crippen molar-refractivity contribution in [2.24, 2.45) is 10.8 Å². The summed E-state index contributed by atoms with van der Waals surface area (Å²) in [5.74, 6) is 0. The molecule has 3 nitrogen and oxygen atoms in total. The Kier molecular flexibility index (Phi) is 6.76. The van der Waals surface area contributed by atoms with Gasteiger partial charge in [-0.3, -0.25) is 4.90 Å². The predicted octanol–water partition coefficient (Wildman–Crippen LogP) is 4.82. The van der Waals surface area contributed by atoms with Gasteiger partial charge in [0.25, 0.3) is 0 Å². The summed E-state index contributed by atoms with van der Waals surface area (Å²) in [7, 11) is 2.13. The van der Waals surface area contributed by atoms with E-state index < -0.39 is 0 Å². The number of nitrogens with zero attached hydrogens (tertiary/aromatic N) is 2. The van der Waals surface area contributed by atoms with Gasteiger partial charge in [-0.05, 0) is 44.1 Å². The molecule has 0 amide bonds. The first-order chi connectivity index (χ1) is 10.6. The van der Waals surface area contributed by atoms with Crippen molar-refractivity contribution in [2.75, 3.05) is 26.7 Å². The van der Waals surface area contributed by atoms with E-state index in [0.717, 1.165) is 37.3 Å². The highest BCUT2D eigenvalue weighted by atomic mass is 16.2. The number of likely N-dealkylation sites (N-methyl/N-ethyl adjacent to an activating group) is 2. The van der Waals surface area contributed by atoms with Gasteiger partial charge in [-0.25, -0.2) is 0 Å². The maximum atomic E-state index is 9.87. The largest absolute Gasteiger partial charge is 0.515 e. The van der Waals surface area contributed by atoms with Gasteiger partial charge in [-0.1, -0.05) is 40.7 Å². The van der Waals surface area contributed by atoms with Crippen LogP contribution in [0.2, 0.25) is 0 Å². The van der Waals surface area contributed by atoms with Gasteiger partial charge in [-0.15, -0.1) is 0 Å². The van der Waals surface area contributed by atoms with Crippen LogP contribution in [-0.4, -0.2) is 47.6 Å². The Morgan fingerprint density at radius 1 is 1.17 bits per heavy atom. The Morgan fingerprint density at radius 2 is 1.78 bits per heavy atom. The summed E-state index contributed by atoms with van der Waals surface area (Å²) in [5, 5.41) is 9.87. The van der Waals surface area contributed by atoms with Gasteiger partial charge in [0.05, 0.1) is 6.26 Å². The van der Waals surface area contributed by atoms with E-state index in [1.54, 1.807) is 0 Å². The fraction of sp³-hybridized carbons (Fsp3) is 0.800. The fourth-order valence-corrected chi connectivity index (χ4v) is 3.80. The number of rotatable bonds is 1. The number of hydrogen-bond acceptors (Lipinski definition) is 3. The third-order valence-corrected chi connectivity index (χ3v) is 6.19. The molecular weight excluding hydrogens is 284 g/mol. The summed E-state index contributed by atoms with van der Waals surface area (Å²) in [4.78, 5) is 4.86. The van der Waals surface area contributed by atoms with E-state index in [0.29, 0.717) is 6.04 Å². The first-order valence-electron chi connectivity index (χ1n) is 9.04. The summed E-state index contributed by atoms with van der Waals surface area (Å²) < 4.78 is 0. The van der Waals surface area contributed by atoms with Crippen LogP contribution in [-0.2, 0) is 0 Å². The molecule has 0 bridgehead atoms. The zero-order valence-electron chi connectivity index (χ0n) is 16.6. The lowest BCUT2D eigenvalue weighted by atomic mass is 9.62. The van der Waals surface area contributed by atoms with Crippen molar-refractivity contribution in [1.29, 1.82) is 0 Å². The van der Waals surface area contributed by atoms with E-state index in [2.05, 4.69) is 71.4 Å². The molecule has 0 aliphatic carbocycles. The molecule has 0 saturated carbocycles. The third-order valence-electron chi connectivity index (χ3n) is 6.19. The molecule has 1 atom stereocenters. The normalized spacial score (nSPS) is 30.4. The molecule has 0 aromatic rings. The van der Waals surface area contributed by atoms with Crippen LogP contribution in [0.3, 0.4) is 0 Å². The van der Waals surface area contributed by atoms with Crippen LogP contribution < -0.4 is 0 Å². The summed E-state index contributed by atoms with van der Waals surface area (Å²) in [6.45, 7) is 19.2. The van der Waals surface area contributed by atoms with Crippen LogP contribution in [0, 0.1) is 10.8 Å².